The fourth-order valence-electron chi connectivity index (χ4n) is 2.07. The summed E-state index contributed by atoms with van der Waals surface area (Å²) in [4.78, 5) is 0. The van der Waals surface area contributed by atoms with Crippen molar-refractivity contribution in [2.45, 2.75) is 32.2 Å². The fraction of sp³-hybridized carbons (Fsp3) is 0.500. The van der Waals surface area contributed by atoms with Crippen molar-refractivity contribution >= 4 is 0 Å². The Morgan fingerprint density at radius 3 is 2.64 bits per heavy atom. The van der Waals surface area contributed by atoms with Crippen LogP contribution in [-0.4, -0.2) is 0 Å². The molecule has 1 fully saturated rings. The Morgan fingerprint density at radius 2 is 2.14 bits per heavy atom. The minimum absolute atomic E-state index is 0.101. The van der Waals surface area contributed by atoms with Crippen LogP contribution >= 0.6 is 0 Å². The zero-order valence-corrected chi connectivity index (χ0v) is 8.46. The lowest BCUT2D eigenvalue weighted by atomic mass is 9.77. The van der Waals surface area contributed by atoms with E-state index in [0.29, 0.717) is 5.92 Å². The maximum Gasteiger partial charge on any atom is 0.123 e. The molecule has 1 saturated carbocycles. The van der Waals surface area contributed by atoms with E-state index in [-0.39, 0.29) is 11.9 Å². The summed E-state index contributed by atoms with van der Waals surface area (Å²) >= 11 is 0. The minimum Gasteiger partial charge on any atom is -0.324 e. The van der Waals surface area contributed by atoms with Crippen LogP contribution in [-0.2, 0) is 0 Å². The van der Waals surface area contributed by atoms with Crippen LogP contribution in [0.1, 0.15) is 36.4 Å². The van der Waals surface area contributed by atoms with Gasteiger partial charge in [0.25, 0.3) is 0 Å². The number of aryl methyl sites for hydroxylation is 1. The van der Waals surface area contributed by atoms with Crippen LogP contribution in [0.4, 0.5) is 4.39 Å². The normalized spacial score (nSPS) is 19.1. The summed E-state index contributed by atoms with van der Waals surface area (Å²) in [5.41, 5.74) is 8.21. The molecule has 1 aromatic rings. The number of benzene rings is 1. The average Bonchev–Trinajstić information content (AvgIpc) is 2.00. The maximum absolute atomic E-state index is 12.9. The highest BCUT2D eigenvalue weighted by Gasteiger charge is 2.26. The van der Waals surface area contributed by atoms with Crippen LogP contribution in [0.3, 0.4) is 0 Å². The molecule has 1 nitrogen and oxygen atoms in total. The average molecular weight is 193 g/mol. The molecule has 0 saturated heterocycles. The highest BCUT2D eigenvalue weighted by atomic mass is 19.1. The van der Waals surface area contributed by atoms with Gasteiger partial charge in [-0.15, -0.1) is 0 Å². The maximum atomic E-state index is 12.9. The summed E-state index contributed by atoms with van der Waals surface area (Å²) in [6.07, 6.45) is 3.73. The summed E-state index contributed by atoms with van der Waals surface area (Å²) in [5, 5.41) is 0. The molecule has 2 N–H and O–H groups in total. The Hall–Kier alpha value is -0.890. The zero-order chi connectivity index (χ0) is 10.1. The molecule has 0 aromatic heterocycles. The van der Waals surface area contributed by atoms with Gasteiger partial charge in [-0.3, -0.25) is 0 Å². The Labute approximate surface area is 84.1 Å². The molecule has 0 bridgehead atoms. The van der Waals surface area contributed by atoms with Gasteiger partial charge in [0.05, 0.1) is 0 Å². The van der Waals surface area contributed by atoms with E-state index in [9.17, 15) is 4.39 Å². The second-order valence-corrected chi connectivity index (χ2v) is 4.22. The van der Waals surface area contributed by atoms with Crippen LogP contribution in [0.5, 0.6) is 0 Å². The SMILES string of the molecule is Cc1cc(F)ccc1[C@@H](N)C1CCC1. The Balaban J connectivity index is 2.22. The first-order valence-electron chi connectivity index (χ1n) is 5.20. The molecule has 0 aliphatic heterocycles. The van der Waals surface area contributed by atoms with Crippen molar-refractivity contribution in [1.82, 2.24) is 0 Å². The first-order chi connectivity index (χ1) is 6.68. The molecule has 0 spiro atoms. The molecule has 1 aliphatic rings. The van der Waals surface area contributed by atoms with Gasteiger partial charge in [-0.25, -0.2) is 4.39 Å². The third kappa shape index (κ3) is 1.67. The molecule has 0 radical (unpaired) electrons. The van der Waals surface area contributed by atoms with Crippen molar-refractivity contribution < 1.29 is 4.39 Å². The standard InChI is InChI=1S/C12H16FN/c1-8-7-10(13)5-6-11(8)12(14)9-3-2-4-9/h5-7,9,12H,2-4,14H2,1H3/t12-/m0/s1. The van der Waals surface area contributed by atoms with Crippen molar-refractivity contribution in [3.05, 3.63) is 35.1 Å². The highest BCUT2D eigenvalue weighted by Crippen LogP contribution is 2.37. The lowest BCUT2D eigenvalue weighted by Crippen LogP contribution is -2.27. The summed E-state index contributed by atoms with van der Waals surface area (Å²) in [5.74, 6) is 0.436. The molecule has 2 heteroatoms. The van der Waals surface area contributed by atoms with Gasteiger partial charge in [0.15, 0.2) is 0 Å². The number of nitrogens with two attached hydrogens (primary N) is 1. The van der Waals surface area contributed by atoms with Gasteiger partial charge in [-0.1, -0.05) is 12.5 Å². The van der Waals surface area contributed by atoms with Crippen LogP contribution in [0.15, 0.2) is 18.2 Å². The predicted molar refractivity (Wildman–Crippen MR) is 55.4 cm³/mol. The van der Waals surface area contributed by atoms with E-state index in [1.807, 2.05) is 13.0 Å². The molecule has 2 rings (SSSR count). The van der Waals surface area contributed by atoms with Gasteiger partial charge in [-0.2, -0.15) is 0 Å². The first kappa shape index (κ1) is 9.66. The third-order valence-corrected chi connectivity index (χ3v) is 3.25. The quantitative estimate of drug-likeness (QED) is 0.767. The molecule has 0 amide bonds. The summed E-state index contributed by atoms with van der Waals surface area (Å²) in [6, 6.07) is 4.99. The Kier molecular flexibility index (Phi) is 2.55. The minimum atomic E-state index is -0.174. The smallest absolute Gasteiger partial charge is 0.123 e. The molecular formula is C12H16FN. The molecule has 1 aliphatic carbocycles. The van der Waals surface area contributed by atoms with E-state index in [1.54, 1.807) is 6.07 Å². The van der Waals surface area contributed by atoms with E-state index >= 15 is 0 Å². The molecule has 76 valence electrons. The zero-order valence-electron chi connectivity index (χ0n) is 8.46. The Morgan fingerprint density at radius 1 is 1.43 bits per heavy atom. The lowest BCUT2D eigenvalue weighted by Gasteiger charge is -2.32. The van der Waals surface area contributed by atoms with Gasteiger partial charge in [0.2, 0.25) is 0 Å². The highest BCUT2D eigenvalue weighted by molar-refractivity contribution is 5.30. The van der Waals surface area contributed by atoms with E-state index < -0.39 is 0 Å². The van der Waals surface area contributed by atoms with Crippen LogP contribution < -0.4 is 5.73 Å². The van der Waals surface area contributed by atoms with Crippen molar-refractivity contribution in [2.24, 2.45) is 11.7 Å². The van der Waals surface area contributed by atoms with Crippen molar-refractivity contribution in [3.8, 4) is 0 Å². The molecule has 14 heavy (non-hydrogen) atoms. The van der Waals surface area contributed by atoms with Crippen molar-refractivity contribution in [1.29, 1.82) is 0 Å². The first-order valence-corrected chi connectivity index (χ1v) is 5.20. The number of rotatable bonds is 2. The second-order valence-electron chi connectivity index (χ2n) is 4.22. The largest absolute Gasteiger partial charge is 0.324 e. The topological polar surface area (TPSA) is 26.0 Å². The van der Waals surface area contributed by atoms with Crippen molar-refractivity contribution in [3.63, 3.8) is 0 Å². The predicted octanol–water partition coefficient (Wildman–Crippen LogP) is 2.93. The van der Waals surface area contributed by atoms with Crippen LogP contribution in [0.2, 0.25) is 0 Å². The van der Waals surface area contributed by atoms with Crippen LogP contribution in [0, 0.1) is 18.7 Å². The van der Waals surface area contributed by atoms with Crippen molar-refractivity contribution in [2.75, 3.05) is 0 Å². The molecule has 1 atom stereocenters. The van der Waals surface area contributed by atoms with E-state index in [2.05, 4.69) is 0 Å². The number of hydrogen-bond acceptors (Lipinski definition) is 1. The molecule has 1 aromatic carbocycles. The summed E-state index contributed by atoms with van der Waals surface area (Å²) in [7, 11) is 0. The third-order valence-electron chi connectivity index (χ3n) is 3.25. The number of hydrogen-bond donors (Lipinski definition) is 1. The molecule has 0 unspecified atom stereocenters. The summed E-state index contributed by atoms with van der Waals surface area (Å²) in [6.45, 7) is 1.93. The fourth-order valence-corrected chi connectivity index (χ4v) is 2.07. The van der Waals surface area contributed by atoms with E-state index in [4.69, 9.17) is 5.73 Å². The molecule has 0 heterocycles. The summed E-state index contributed by atoms with van der Waals surface area (Å²) < 4.78 is 12.9. The van der Waals surface area contributed by atoms with Gasteiger partial charge < -0.3 is 5.73 Å². The van der Waals surface area contributed by atoms with Gasteiger partial charge in [0.1, 0.15) is 5.82 Å². The molecular weight excluding hydrogens is 177 g/mol. The monoisotopic (exact) mass is 193 g/mol. The number of halogens is 1. The van der Waals surface area contributed by atoms with E-state index in [1.165, 1.54) is 25.3 Å². The van der Waals surface area contributed by atoms with Gasteiger partial charge >= 0.3 is 0 Å². The second kappa shape index (κ2) is 3.70. The Bertz CT molecular complexity index is 331. The van der Waals surface area contributed by atoms with Crippen LogP contribution in [0.25, 0.3) is 0 Å². The van der Waals surface area contributed by atoms with Gasteiger partial charge in [0, 0.05) is 6.04 Å². The van der Waals surface area contributed by atoms with E-state index in [0.717, 1.165) is 11.1 Å². The van der Waals surface area contributed by atoms with Gasteiger partial charge in [-0.05, 0) is 48.9 Å². The lowest BCUT2D eigenvalue weighted by molar-refractivity contribution is 0.264.